The summed E-state index contributed by atoms with van der Waals surface area (Å²) in [5, 5.41) is 4.50. The van der Waals surface area contributed by atoms with Gasteiger partial charge in [0.05, 0.1) is 5.56 Å². The van der Waals surface area contributed by atoms with E-state index in [2.05, 4.69) is 5.32 Å². The molecule has 0 saturated heterocycles. The van der Waals surface area contributed by atoms with Gasteiger partial charge >= 0.3 is 12.0 Å². The van der Waals surface area contributed by atoms with Crippen molar-refractivity contribution in [2.45, 2.75) is 39.0 Å². The Morgan fingerprint density at radius 3 is 2.37 bits per heavy atom. The molecule has 0 aromatic heterocycles. The van der Waals surface area contributed by atoms with E-state index in [4.69, 9.17) is 4.74 Å². The van der Waals surface area contributed by atoms with Crippen LogP contribution >= 0.6 is 0 Å². The van der Waals surface area contributed by atoms with E-state index in [1.165, 1.54) is 0 Å². The van der Waals surface area contributed by atoms with Crippen LogP contribution in [0.15, 0.2) is 23.1 Å². The fourth-order valence-electron chi connectivity index (χ4n) is 2.43. The minimum Gasteiger partial charge on any atom is -0.452 e. The molecule has 0 aliphatic carbocycles. The van der Waals surface area contributed by atoms with Crippen LogP contribution in [0.3, 0.4) is 0 Å². The Hall–Kier alpha value is -2.53. The largest absolute Gasteiger partial charge is 0.452 e. The second-order valence-corrected chi connectivity index (χ2v) is 8.70. The van der Waals surface area contributed by atoms with Crippen molar-refractivity contribution in [1.82, 2.24) is 14.9 Å². The minimum atomic E-state index is -4.13. The summed E-state index contributed by atoms with van der Waals surface area (Å²) >= 11 is 0. The van der Waals surface area contributed by atoms with E-state index in [0.29, 0.717) is 12.5 Å². The van der Waals surface area contributed by atoms with E-state index >= 15 is 0 Å². The molecule has 30 heavy (non-hydrogen) atoms. The molecule has 0 bridgehead atoms. The second kappa shape index (κ2) is 11.6. The van der Waals surface area contributed by atoms with E-state index in [1.807, 2.05) is 19.2 Å². The van der Waals surface area contributed by atoms with Crippen LogP contribution in [0, 0.1) is 11.7 Å². The zero-order valence-electron chi connectivity index (χ0n) is 17.5. The number of carbonyl (C=O) groups excluding carboxylic acids is 3. The standard InChI is InChI=1S/C19H28FN3O6S/c1-5-23(6-2)30(27,28)16-11-14(7-8-15(16)20)18(25)29-12-17(24)22-19(26)21-10-9-13(3)4/h7-8,11,13H,5-6,9-10,12H2,1-4H3,(H2,21,22,24,26). The van der Waals surface area contributed by atoms with Crippen LogP contribution in [0.4, 0.5) is 9.18 Å². The van der Waals surface area contributed by atoms with E-state index in [9.17, 15) is 27.2 Å². The fraction of sp³-hybridized carbons (Fsp3) is 0.526. The van der Waals surface area contributed by atoms with E-state index in [0.717, 1.165) is 28.9 Å². The number of rotatable bonds is 10. The first-order valence-corrected chi connectivity index (χ1v) is 11.0. The zero-order valence-corrected chi connectivity index (χ0v) is 18.3. The summed E-state index contributed by atoms with van der Waals surface area (Å²) in [5.74, 6) is -2.51. The molecule has 3 amide bonds. The van der Waals surface area contributed by atoms with Gasteiger partial charge in [-0.3, -0.25) is 10.1 Å². The van der Waals surface area contributed by atoms with Crippen LogP contribution in [0.25, 0.3) is 0 Å². The van der Waals surface area contributed by atoms with Gasteiger partial charge in [-0.05, 0) is 30.5 Å². The first-order chi connectivity index (χ1) is 14.0. The topological polar surface area (TPSA) is 122 Å². The number of ether oxygens (including phenoxy) is 1. The van der Waals surface area contributed by atoms with Gasteiger partial charge in [-0.2, -0.15) is 4.31 Å². The SMILES string of the molecule is CCN(CC)S(=O)(=O)c1cc(C(=O)OCC(=O)NC(=O)NCCC(C)C)ccc1F. The van der Waals surface area contributed by atoms with Crippen molar-refractivity contribution in [3.05, 3.63) is 29.6 Å². The molecule has 168 valence electrons. The van der Waals surface area contributed by atoms with Crippen molar-refractivity contribution < 1.29 is 31.9 Å². The maximum Gasteiger partial charge on any atom is 0.338 e. The van der Waals surface area contributed by atoms with Crippen LogP contribution in [-0.2, 0) is 19.6 Å². The van der Waals surface area contributed by atoms with Crippen molar-refractivity contribution in [3.63, 3.8) is 0 Å². The highest BCUT2D eigenvalue weighted by atomic mass is 32.2. The Labute approximate surface area is 176 Å². The average Bonchev–Trinajstić information content (AvgIpc) is 2.66. The van der Waals surface area contributed by atoms with Crippen molar-refractivity contribution in [1.29, 1.82) is 0 Å². The summed E-state index contributed by atoms with van der Waals surface area (Å²) < 4.78 is 45.0. The van der Waals surface area contributed by atoms with Crippen LogP contribution in [0.1, 0.15) is 44.5 Å². The fourth-order valence-corrected chi connectivity index (χ4v) is 3.97. The molecule has 0 fully saturated rings. The van der Waals surface area contributed by atoms with Gasteiger partial charge in [-0.15, -0.1) is 0 Å². The lowest BCUT2D eigenvalue weighted by Crippen LogP contribution is -2.42. The molecule has 9 nitrogen and oxygen atoms in total. The lowest BCUT2D eigenvalue weighted by molar-refractivity contribution is -0.123. The molecule has 1 rings (SSSR count). The molecule has 0 radical (unpaired) electrons. The average molecular weight is 446 g/mol. The van der Waals surface area contributed by atoms with Crippen molar-refractivity contribution >= 4 is 27.9 Å². The number of esters is 1. The Balaban J connectivity index is 2.75. The van der Waals surface area contributed by atoms with Crippen LogP contribution in [0.2, 0.25) is 0 Å². The molecule has 0 heterocycles. The third-order valence-corrected chi connectivity index (χ3v) is 6.15. The van der Waals surface area contributed by atoms with E-state index < -0.39 is 45.3 Å². The van der Waals surface area contributed by atoms with Crippen molar-refractivity contribution in [2.75, 3.05) is 26.2 Å². The molecule has 0 aliphatic heterocycles. The molecule has 11 heteroatoms. The number of urea groups is 1. The number of nitrogens with zero attached hydrogens (tertiary/aromatic N) is 1. The first-order valence-electron chi connectivity index (χ1n) is 9.57. The van der Waals surface area contributed by atoms with Crippen molar-refractivity contribution in [2.24, 2.45) is 5.92 Å². The molecule has 0 aliphatic rings. The number of amides is 3. The minimum absolute atomic E-state index is 0.131. The molecular weight excluding hydrogens is 417 g/mol. The summed E-state index contributed by atoms with van der Waals surface area (Å²) in [6, 6.07) is 2.04. The summed E-state index contributed by atoms with van der Waals surface area (Å²) in [7, 11) is -4.13. The van der Waals surface area contributed by atoms with Gasteiger partial charge in [0.25, 0.3) is 5.91 Å². The number of hydrogen-bond acceptors (Lipinski definition) is 6. The number of halogens is 1. The van der Waals surface area contributed by atoms with E-state index in [1.54, 1.807) is 13.8 Å². The highest BCUT2D eigenvalue weighted by Gasteiger charge is 2.26. The predicted molar refractivity (Wildman–Crippen MR) is 108 cm³/mol. The molecule has 1 aromatic carbocycles. The Kier molecular flexibility index (Phi) is 9.86. The van der Waals surface area contributed by atoms with Gasteiger partial charge in [0.1, 0.15) is 10.7 Å². The summed E-state index contributed by atoms with van der Waals surface area (Å²) in [4.78, 5) is 34.8. The predicted octanol–water partition coefficient (Wildman–Crippen LogP) is 1.88. The van der Waals surface area contributed by atoms with Crippen LogP contribution in [0.5, 0.6) is 0 Å². The quantitative estimate of drug-likeness (QED) is 0.531. The number of carbonyl (C=O) groups is 3. The molecule has 1 aromatic rings. The maximum absolute atomic E-state index is 14.1. The Bertz CT molecular complexity index is 869. The number of hydrogen-bond donors (Lipinski definition) is 2. The Morgan fingerprint density at radius 1 is 1.17 bits per heavy atom. The smallest absolute Gasteiger partial charge is 0.338 e. The van der Waals surface area contributed by atoms with Gasteiger partial charge in [0.2, 0.25) is 10.0 Å². The molecular formula is C19H28FN3O6S. The second-order valence-electron chi connectivity index (χ2n) is 6.80. The maximum atomic E-state index is 14.1. The van der Waals surface area contributed by atoms with Gasteiger partial charge < -0.3 is 10.1 Å². The molecule has 0 unspecified atom stereocenters. The van der Waals surface area contributed by atoms with Gasteiger partial charge in [-0.1, -0.05) is 27.7 Å². The molecule has 2 N–H and O–H groups in total. The zero-order chi connectivity index (χ0) is 22.9. The molecule has 0 saturated carbocycles. The van der Waals surface area contributed by atoms with Crippen LogP contribution in [-0.4, -0.2) is 56.9 Å². The number of imide groups is 1. The van der Waals surface area contributed by atoms with Crippen molar-refractivity contribution in [3.8, 4) is 0 Å². The van der Waals surface area contributed by atoms with E-state index in [-0.39, 0.29) is 18.7 Å². The number of sulfonamides is 1. The third kappa shape index (κ3) is 7.38. The summed E-state index contributed by atoms with van der Waals surface area (Å²) in [6.07, 6.45) is 0.736. The third-order valence-electron chi connectivity index (χ3n) is 4.08. The summed E-state index contributed by atoms with van der Waals surface area (Å²) in [5.41, 5.74) is -0.240. The lowest BCUT2D eigenvalue weighted by atomic mass is 10.1. The first kappa shape index (κ1) is 25.5. The monoisotopic (exact) mass is 445 g/mol. The number of benzene rings is 1. The van der Waals surface area contributed by atoms with Gasteiger partial charge in [-0.25, -0.2) is 22.4 Å². The van der Waals surface area contributed by atoms with Gasteiger partial charge in [0, 0.05) is 19.6 Å². The number of nitrogens with one attached hydrogen (secondary N) is 2. The van der Waals surface area contributed by atoms with Crippen LogP contribution < -0.4 is 10.6 Å². The molecule has 0 atom stereocenters. The Morgan fingerprint density at radius 2 is 1.80 bits per heavy atom. The highest BCUT2D eigenvalue weighted by Crippen LogP contribution is 2.21. The normalized spacial score (nSPS) is 11.4. The summed E-state index contributed by atoms with van der Waals surface area (Å²) in [6.45, 7) is 7.07. The van der Waals surface area contributed by atoms with Gasteiger partial charge in [0.15, 0.2) is 6.61 Å². The lowest BCUT2D eigenvalue weighted by Gasteiger charge is -2.19. The highest BCUT2D eigenvalue weighted by molar-refractivity contribution is 7.89. The molecule has 0 spiro atoms.